The van der Waals surface area contributed by atoms with Crippen LogP contribution >= 0.6 is 11.8 Å². The first-order valence-corrected chi connectivity index (χ1v) is 9.93. The van der Waals surface area contributed by atoms with Crippen molar-refractivity contribution in [3.63, 3.8) is 0 Å². The Kier molecular flexibility index (Phi) is 8.08. The van der Waals surface area contributed by atoms with Crippen LogP contribution in [0.3, 0.4) is 0 Å². The molecule has 134 valence electrons. The van der Waals surface area contributed by atoms with Crippen LogP contribution in [-0.2, 0) is 6.54 Å². The summed E-state index contributed by atoms with van der Waals surface area (Å²) >= 11 is 1.81. The minimum absolute atomic E-state index is 0.322. The summed E-state index contributed by atoms with van der Waals surface area (Å²) in [5, 5.41) is 6.63. The predicted molar refractivity (Wildman–Crippen MR) is 102 cm³/mol. The second-order valence-electron chi connectivity index (χ2n) is 5.85. The van der Waals surface area contributed by atoms with Crippen LogP contribution in [0, 0.1) is 0 Å². The first-order chi connectivity index (χ1) is 11.8. The summed E-state index contributed by atoms with van der Waals surface area (Å²) in [7, 11) is 3.48. The molecule has 0 radical (unpaired) electrons. The number of methoxy groups -OCH3 is 1. The Morgan fingerprint density at radius 1 is 1.25 bits per heavy atom. The number of hydrogen-bond donors (Lipinski definition) is 2. The molecule has 1 fully saturated rings. The van der Waals surface area contributed by atoms with Gasteiger partial charge in [-0.25, -0.2) is 0 Å². The van der Waals surface area contributed by atoms with E-state index in [9.17, 15) is 0 Å². The minimum Gasteiger partial charge on any atom is -0.493 e. The Labute approximate surface area is 149 Å². The highest BCUT2D eigenvalue weighted by atomic mass is 32.2. The van der Waals surface area contributed by atoms with Crippen LogP contribution in [0.25, 0.3) is 0 Å². The summed E-state index contributed by atoms with van der Waals surface area (Å²) in [4.78, 5) is 4.24. The number of hydrogen-bond acceptors (Lipinski definition) is 4. The normalized spacial score (nSPS) is 15.4. The highest BCUT2D eigenvalue weighted by Gasteiger charge is 2.18. The van der Waals surface area contributed by atoms with Gasteiger partial charge in [-0.2, -0.15) is 11.8 Å². The maximum absolute atomic E-state index is 6.15. The molecule has 24 heavy (non-hydrogen) atoms. The number of nitrogens with one attached hydrogen (secondary N) is 2. The van der Waals surface area contributed by atoms with Gasteiger partial charge in [0.15, 0.2) is 17.5 Å². The van der Waals surface area contributed by atoms with Crippen molar-refractivity contribution < 1.29 is 9.47 Å². The van der Waals surface area contributed by atoms with Crippen LogP contribution in [0.4, 0.5) is 0 Å². The van der Waals surface area contributed by atoms with Crippen LogP contribution < -0.4 is 20.1 Å². The number of rotatable bonds is 8. The summed E-state index contributed by atoms with van der Waals surface area (Å²) < 4.78 is 11.6. The lowest BCUT2D eigenvalue weighted by Gasteiger charge is -2.17. The molecule has 1 aliphatic carbocycles. The van der Waals surface area contributed by atoms with Crippen LogP contribution in [0.1, 0.15) is 31.2 Å². The summed E-state index contributed by atoms with van der Waals surface area (Å²) in [5.74, 6) is 3.52. The average molecular weight is 352 g/mol. The molecule has 2 N–H and O–H groups in total. The zero-order chi connectivity index (χ0) is 17.2. The van der Waals surface area contributed by atoms with Crippen molar-refractivity contribution in [1.29, 1.82) is 0 Å². The molecule has 0 bridgehead atoms. The predicted octanol–water partition coefficient (Wildman–Crippen LogP) is 3.04. The Balaban J connectivity index is 1.94. The van der Waals surface area contributed by atoms with Crippen molar-refractivity contribution in [1.82, 2.24) is 10.6 Å². The van der Waals surface area contributed by atoms with Crippen molar-refractivity contribution in [2.24, 2.45) is 4.99 Å². The van der Waals surface area contributed by atoms with Crippen molar-refractivity contribution in [2.75, 3.05) is 32.7 Å². The molecule has 0 spiro atoms. The molecule has 1 saturated carbocycles. The zero-order valence-electron chi connectivity index (χ0n) is 14.9. The van der Waals surface area contributed by atoms with E-state index in [0.29, 0.717) is 12.6 Å². The Bertz CT molecular complexity index is 531. The van der Waals surface area contributed by atoms with Gasteiger partial charge in [-0.15, -0.1) is 0 Å². The lowest BCUT2D eigenvalue weighted by atomic mass is 10.2. The second kappa shape index (κ2) is 10.3. The van der Waals surface area contributed by atoms with Gasteiger partial charge in [0.25, 0.3) is 0 Å². The standard InChI is InChI=1S/C18H29N3O2S/c1-19-18(20-10-11-24-3)21-13-14-8-9-16(22-2)17(12-14)23-15-6-4-5-7-15/h8-9,12,15H,4-7,10-11,13H2,1-3H3,(H2,19,20,21). The maximum Gasteiger partial charge on any atom is 0.191 e. The van der Waals surface area contributed by atoms with E-state index in [0.717, 1.165) is 48.2 Å². The van der Waals surface area contributed by atoms with Crippen LogP contribution in [0.15, 0.2) is 23.2 Å². The molecule has 2 rings (SSSR count). The minimum atomic E-state index is 0.322. The highest BCUT2D eigenvalue weighted by molar-refractivity contribution is 7.98. The molecule has 0 amide bonds. The van der Waals surface area contributed by atoms with E-state index in [-0.39, 0.29) is 0 Å². The molecular formula is C18H29N3O2S. The maximum atomic E-state index is 6.15. The number of nitrogens with zero attached hydrogens (tertiary/aromatic N) is 1. The topological polar surface area (TPSA) is 54.9 Å². The van der Waals surface area contributed by atoms with Gasteiger partial charge < -0.3 is 20.1 Å². The quantitative estimate of drug-likeness (QED) is 0.428. The van der Waals surface area contributed by atoms with Crippen LogP contribution in [-0.4, -0.2) is 44.8 Å². The lowest BCUT2D eigenvalue weighted by Crippen LogP contribution is -2.37. The third-order valence-electron chi connectivity index (χ3n) is 4.11. The van der Waals surface area contributed by atoms with Crippen molar-refractivity contribution in [3.05, 3.63) is 23.8 Å². The molecule has 1 aliphatic rings. The first kappa shape index (κ1) is 18.8. The number of thioether (sulfide) groups is 1. The number of ether oxygens (including phenoxy) is 2. The van der Waals surface area contributed by atoms with Gasteiger partial charge in [0.2, 0.25) is 0 Å². The Hall–Kier alpha value is -1.56. The van der Waals surface area contributed by atoms with Crippen molar-refractivity contribution in [2.45, 2.75) is 38.3 Å². The third-order valence-corrected chi connectivity index (χ3v) is 4.72. The summed E-state index contributed by atoms with van der Waals surface area (Å²) in [6.07, 6.45) is 7.21. The van der Waals surface area contributed by atoms with E-state index < -0.39 is 0 Å². The third kappa shape index (κ3) is 5.82. The van der Waals surface area contributed by atoms with Gasteiger partial charge in [-0.1, -0.05) is 6.07 Å². The fourth-order valence-electron chi connectivity index (χ4n) is 2.79. The average Bonchev–Trinajstić information content (AvgIpc) is 3.11. The Morgan fingerprint density at radius 2 is 2.04 bits per heavy atom. The molecule has 0 aliphatic heterocycles. The molecular weight excluding hydrogens is 322 g/mol. The van der Waals surface area contributed by atoms with Gasteiger partial charge in [0.05, 0.1) is 13.2 Å². The molecule has 0 unspecified atom stereocenters. The van der Waals surface area contributed by atoms with Crippen molar-refractivity contribution >= 4 is 17.7 Å². The summed E-state index contributed by atoms with van der Waals surface area (Å²) in [5.41, 5.74) is 1.15. The SMILES string of the molecule is CN=C(NCCSC)NCc1ccc(OC)c(OC2CCCC2)c1. The molecule has 5 nitrogen and oxygen atoms in total. The molecule has 0 atom stereocenters. The van der Waals surface area contributed by atoms with Gasteiger partial charge in [-0.3, -0.25) is 4.99 Å². The van der Waals surface area contributed by atoms with E-state index in [1.165, 1.54) is 12.8 Å². The zero-order valence-corrected chi connectivity index (χ0v) is 15.7. The number of guanidine groups is 1. The molecule has 1 aromatic carbocycles. The monoisotopic (exact) mass is 351 g/mol. The molecule has 1 aromatic rings. The molecule has 0 heterocycles. The summed E-state index contributed by atoms with van der Waals surface area (Å²) in [6, 6.07) is 6.10. The van der Waals surface area contributed by atoms with E-state index in [2.05, 4.69) is 34.0 Å². The highest BCUT2D eigenvalue weighted by Crippen LogP contribution is 2.32. The molecule has 0 aromatic heterocycles. The van der Waals surface area contributed by atoms with E-state index in [1.807, 2.05) is 17.8 Å². The van der Waals surface area contributed by atoms with Gasteiger partial charge >= 0.3 is 0 Å². The smallest absolute Gasteiger partial charge is 0.191 e. The first-order valence-electron chi connectivity index (χ1n) is 8.54. The lowest BCUT2D eigenvalue weighted by molar-refractivity contribution is 0.200. The molecule has 6 heteroatoms. The largest absolute Gasteiger partial charge is 0.493 e. The molecule has 0 saturated heterocycles. The second-order valence-corrected chi connectivity index (χ2v) is 6.84. The van der Waals surface area contributed by atoms with E-state index in [1.54, 1.807) is 14.2 Å². The summed E-state index contributed by atoms with van der Waals surface area (Å²) in [6.45, 7) is 1.60. The van der Waals surface area contributed by atoms with E-state index >= 15 is 0 Å². The fourth-order valence-corrected chi connectivity index (χ4v) is 3.09. The van der Waals surface area contributed by atoms with Gasteiger partial charge in [0.1, 0.15) is 0 Å². The van der Waals surface area contributed by atoms with Crippen molar-refractivity contribution in [3.8, 4) is 11.5 Å². The van der Waals surface area contributed by atoms with Gasteiger partial charge in [-0.05, 0) is 49.6 Å². The number of benzene rings is 1. The van der Waals surface area contributed by atoms with Crippen LogP contribution in [0.5, 0.6) is 11.5 Å². The van der Waals surface area contributed by atoms with Crippen LogP contribution in [0.2, 0.25) is 0 Å². The fraction of sp³-hybridized carbons (Fsp3) is 0.611. The Morgan fingerprint density at radius 3 is 2.71 bits per heavy atom. The number of aliphatic imine (C=N–C) groups is 1. The van der Waals surface area contributed by atoms with E-state index in [4.69, 9.17) is 9.47 Å². The van der Waals surface area contributed by atoms with Gasteiger partial charge in [0, 0.05) is 25.9 Å².